The molecule has 0 radical (unpaired) electrons. The van der Waals surface area contributed by atoms with Crippen molar-refractivity contribution in [1.29, 1.82) is 0 Å². The van der Waals surface area contributed by atoms with E-state index in [-0.39, 0.29) is 0 Å². The molecule has 164 valence electrons. The molecular weight excluding hydrogens is 446 g/mol. The minimum absolute atomic E-state index is 0.366. The lowest BCUT2D eigenvalue weighted by molar-refractivity contribution is -0.122. The molecule has 2 aliphatic heterocycles. The Bertz CT molecular complexity index is 1120. The summed E-state index contributed by atoms with van der Waals surface area (Å²) in [5, 5.41) is 0. The zero-order valence-corrected chi connectivity index (χ0v) is 19.4. The molecule has 1 aromatic carbocycles. The maximum Gasteiger partial charge on any atom is 0.266 e. The van der Waals surface area contributed by atoms with Gasteiger partial charge in [0.2, 0.25) is 10.0 Å². The summed E-state index contributed by atoms with van der Waals surface area (Å²) in [4.78, 5) is 18.0. The van der Waals surface area contributed by atoms with E-state index in [0.717, 1.165) is 35.1 Å². The number of rotatable bonds is 5. The van der Waals surface area contributed by atoms with Crippen molar-refractivity contribution in [2.24, 2.45) is 4.99 Å². The molecule has 8 nitrogen and oxygen atoms in total. The van der Waals surface area contributed by atoms with Gasteiger partial charge in [0.25, 0.3) is 5.91 Å². The summed E-state index contributed by atoms with van der Waals surface area (Å²) < 4.78 is 40.0. The molecule has 30 heavy (non-hydrogen) atoms. The van der Waals surface area contributed by atoms with E-state index in [2.05, 4.69) is 4.99 Å². The zero-order valence-electron chi connectivity index (χ0n) is 17.0. The lowest BCUT2D eigenvalue weighted by Gasteiger charge is -2.31. The molecule has 0 aliphatic carbocycles. The molecule has 0 saturated carbocycles. The number of ether oxygens (including phenoxy) is 2. The number of nitrogens with zero attached hydrogens (tertiary/aromatic N) is 3. The Kier molecular flexibility index (Phi) is 6.42. The summed E-state index contributed by atoms with van der Waals surface area (Å²) in [6.07, 6.45) is 5.27. The molecule has 0 bridgehead atoms. The number of sulfonamides is 1. The molecule has 3 heterocycles. The summed E-state index contributed by atoms with van der Waals surface area (Å²) in [6.45, 7) is 2.07. The highest BCUT2D eigenvalue weighted by Crippen LogP contribution is 2.35. The Balaban J connectivity index is 1.78. The van der Waals surface area contributed by atoms with Crippen LogP contribution in [-0.2, 0) is 21.4 Å². The summed E-state index contributed by atoms with van der Waals surface area (Å²) in [5.74, 6) is 1.85. The average Bonchev–Trinajstić information content (AvgIpc) is 3.05. The number of carbonyl (C=O) groups is 1. The average molecular weight is 472 g/mol. The molecule has 11 heteroatoms. The van der Waals surface area contributed by atoms with E-state index in [0.29, 0.717) is 49.0 Å². The number of aromatic nitrogens is 1. The van der Waals surface area contributed by atoms with Crippen LogP contribution in [0.5, 0.6) is 11.5 Å². The summed E-state index contributed by atoms with van der Waals surface area (Å²) >= 11 is 3.12. The standard InChI is InChI=1S/C19H25N3O5S3/c1-28-10-7-21-14-11-15-16(27-9-8-26-15)12-17(14)29-19(21)20-18(23)13-5-3-4-6-22(13)30(2,24)25/h11-13H,3-10H2,1-2H3. The number of fused-ring (bicyclic) bond motifs is 2. The van der Waals surface area contributed by atoms with Gasteiger partial charge in [-0.3, -0.25) is 4.79 Å². The fourth-order valence-electron chi connectivity index (χ4n) is 3.81. The molecule has 1 atom stereocenters. The molecule has 4 rings (SSSR count). The van der Waals surface area contributed by atoms with Gasteiger partial charge >= 0.3 is 0 Å². The van der Waals surface area contributed by atoms with Gasteiger partial charge in [-0.05, 0) is 19.1 Å². The maximum absolute atomic E-state index is 13.0. The van der Waals surface area contributed by atoms with Gasteiger partial charge in [0.05, 0.1) is 16.5 Å². The molecule has 0 N–H and O–H groups in total. The third kappa shape index (κ3) is 4.39. The highest BCUT2D eigenvalue weighted by atomic mass is 32.2. The number of carbonyl (C=O) groups excluding carboxylic acids is 1. The molecule has 1 unspecified atom stereocenters. The van der Waals surface area contributed by atoms with Crippen LogP contribution in [0.1, 0.15) is 19.3 Å². The van der Waals surface area contributed by atoms with Crippen molar-refractivity contribution >= 4 is 49.2 Å². The van der Waals surface area contributed by atoms with E-state index < -0.39 is 22.0 Å². The first-order valence-electron chi connectivity index (χ1n) is 9.86. The minimum Gasteiger partial charge on any atom is -0.486 e. The SMILES string of the molecule is CSCCn1c(=NC(=O)C2CCCCN2S(C)(=O)=O)sc2cc3c(cc21)OCCO3. The van der Waals surface area contributed by atoms with Gasteiger partial charge in [0, 0.05) is 31.0 Å². The Morgan fingerprint density at radius 1 is 1.27 bits per heavy atom. The van der Waals surface area contributed by atoms with Gasteiger partial charge in [-0.1, -0.05) is 17.8 Å². The molecule has 1 saturated heterocycles. The molecular formula is C19H25N3O5S3. The Hall–Kier alpha value is -1.56. The van der Waals surface area contributed by atoms with Gasteiger partial charge < -0.3 is 14.0 Å². The molecule has 1 amide bonds. The largest absolute Gasteiger partial charge is 0.486 e. The Morgan fingerprint density at radius 2 is 2.00 bits per heavy atom. The van der Waals surface area contributed by atoms with Gasteiger partial charge in [-0.15, -0.1) is 0 Å². The van der Waals surface area contributed by atoms with E-state index in [1.165, 1.54) is 15.6 Å². The van der Waals surface area contributed by atoms with Crippen LogP contribution in [0.15, 0.2) is 17.1 Å². The fourth-order valence-corrected chi connectivity index (χ4v) is 6.36. The van der Waals surface area contributed by atoms with Crippen molar-refractivity contribution in [3.63, 3.8) is 0 Å². The second kappa shape index (κ2) is 8.89. The Morgan fingerprint density at radius 3 is 2.70 bits per heavy atom. The molecule has 1 fully saturated rings. The van der Waals surface area contributed by atoms with Crippen LogP contribution in [0.2, 0.25) is 0 Å². The minimum atomic E-state index is -3.46. The van der Waals surface area contributed by atoms with Gasteiger partial charge in [-0.2, -0.15) is 21.1 Å². The molecule has 2 aromatic rings. The van der Waals surface area contributed by atoms with Crippen molar-refractivity contribution in [1.82, 2.24) is 8.87 Å². The third-order valence-electron chi connectivity index (χ3n) is 5.24. The molecule has 1 aromatic heterocycles. The van der Waals surface area contributed by atoms with Crippen LogP contribution >= 0.6 is 23.1 Å². The highest BCUT2D eigenvalue weighted by Gasteiger charge is 2.34. The topological polar surface area (TPSA) is 90.2 Å². The fraction of sp³-hybridized carbons (Fsp3) is 0.579. The van der Waals surface area contributed by atoms with E-state index in [9.17, 15) is 13.2 Å². The number of amides is 1. The van der Waals surface area contributed by atoms with Crippen molar-refractivity contribution in [2.75, 3.05) is 38.0 Å². The van der Waals surface area contributed by atoms with Gasteiger partial charge in [0.15, 0.2) is 16.3 Å². The molecule has 0 spiro atoms. The van der Waals surface area contributed by atoms with Crippen LogP contribution in [0.25, 0.3) is 10.2 Å². The Labute approximate surface area is 183 Å². The van der Waals surface area contributed by atoms with Crippen LogP contribution in [0.3, 0.4) is 0 Å². The predicted molar refractivity (Wildman–Crippen MR) is 119 cm³/mol. The first-order valence-corrected chi connectivity index (χ1v) is 13.9. The monoisotopic (exact) mass is 471 g/mol. The van der Waals surface area contributed by atoms with Crippen molar-refractivity contribution in [3.05, 3.63) is 16.9 Å². The van der Waals surface area contributed by atoms with E-state index >= 15 is 0 Å². The van der Waals surface area contributed by atoms with E-state index in [1.807, 2.05) is 23.0 Å². The van der Waals surface area contributed by atoms with Gasteiger partial charge in [-0.25, -0.2) is 8.42 Å². The number of hydrogen-bond donors (Lipinski definition) is 0. The summed E-state index contributed by atoms with van der Waals surface area (Å²) in [7, 11) is -3.46. The first kappa shape index (κ1) is 21.7. The van der Waals surface area contributed by atoms with Crippen LogP contribution < -0.4 is 14.3 Å². The second-order valence-corrected chi connectivity index (χ2v) is 11.3. The maximum atomic E-state index is 13.0. The van der Waals surface area contributed by atoms with Crippen LogP contribution in [-0.4, -0.2) is 67.3 Å². The van der Waals surface area contributed by atoms with Crippen molar-refractivity contribution in [3.8, 4) is 11.5 Å². The van der Waals surface area contributed by atoms with Crippen molar-refractivity contribution < 1.29 is 22.7 Å². The predicted octanol–water partition coefficient (Wildman–Crippen LogP) is 2.08. The lowest BCUT2D eigenvalue weighted by Crippen LogP contribution is -2.47. The number of hydrogen-bond acceptors (Lipinski definition) is 7. The quantitative estimate of drug-likeness (QED) is 0.663. The van der Waals surface area contributed by atoms with Crippen LogP contribution in [0.4, 0.5) is 0 Å². The lowest BCUT2D eigenvalue weighted by atomic mass is 10.0. The second-order valence-electron chi connectivity index (χ2n) is 7.33. The number of benzene rings is 1. The summed E-state index contributed by atoms with van der Waals surface area (Å²) in [6, 6.07) is 3.14. The highest BCUT2D eigenvalue weighted by molar-refractivity contribution is 7.98. The van der Waals surface area contributed by atoms with Crippen LogP contribution in [0, 0.1) is 0 Å². The van der Waals surface area contributed by atoms with E-state index in [1.54, 1.807) is 11.8 Å². The third-order valence-corrected chi connectivity index (χ3v) is 8.16. The summed E-state index contributed by atoms with van der Waals surface area (Å²) in [5.41, 5.74) is 0.938. The number of piperidine rings is 1. The smallest absolute Gasteiger partial charge is 0.266 e. The van der Waals surface area contributed by atoms with Gasteiger partial charge in [0.1, 0.15) is 19.3 Å². The zero-order chi connectivity index (χ0) is 21.3. The number of thiazole rings is 1. The van der Waals surface area contributed by atoms with E-state index in [4.69, 9.17) is 9.47 Å². The van der Waals surface area contributed by atoms with Crippen molar-refractivity contribution in [2.45, 2.75) is 31.8 Å². The number of aryl methyl sites for hydroxylation is 1. The molecule has 2 aliphatic rings. The first-order chi connectivity index (χ1) is 14.4. The normalized spacial score (nSPS) is 20.6. The number of thioether (sulfide) groups is 1.